The summed E-state index contributed by atoms with van der Waals surface area (Å²) in [7, 11) is 0. The van der Waals surface area contributed by atoms with Gasteiger partial charge in [0.25, 0.3) is 0 Å². The van der Waals surface area contributed by atoms with Crippen molar-refractivity contribution in [3.8, 4) is 66.8 Å². The average molecular weight is 1170 g/mol. The fourth-order valence-electron chi connectivity index (χ4n) is 10.4. The summed E-state index contributed by atoms with van der Waals surface area (Å²) in [6, 6.07) is 88.0. The molecular formula is C72H48Cl2N6Ru. The molecule has 0 saturated carbocycles. The van der Waals surface area contributed by atoms with Crippen LogP contribution in [0, 0.1) is 0 Å². The second-order valence-electron chi connectivity index (χ2n) is 19.0. The number of benzene rings is 9. The van der Waals surface area contributed by atoms with Gasteiger partial charge in [0.15, 0.2) is 0 Å². The maximum atomic E-state index is 4.76. The van der Waals surface area contributed by atoms with Gasteiger partial charge in [0.05, 0.1) is 33.1 Å². The fourth-order valence-corrected chi connectivity index (χ4v) is 10.4. The van der Waals surface area contributed by atoms with Crippen LogP contribution in [0.15, 0.2) is 292 Å². The van der Waals surface area contributed by atoms with Crippen molar-refractivity contribution in [1.29, 1.82) is 0 Å². The summed E-state index contributed by atoms with van der Waals surface area (Å²) in [5.41, 5.74) is 19.7. The van der Waals surface area contributed by atoms with Crippen molar-refractivity contribution in [1.82, 2.24) is 29.9 Å². The molecule has 0 spiro atoms. The summed E-state index contributed by atoms with van der Waals surface area (Å²) in [4.78, 5) is 28.2. The first-order valence-corrected chi connectivity index (χ1v) is 26.1. The zero-order chi connectivity index (χ0) is 52.0. The quantitative estimate of drug-likeness (QED) is 0.122. The van der Waals surface area contributed by atoms with E-state index in [4.69, 9.17) is 15.0 Å². The van der Waals surface area contributed by atoms with Crippen molar-refractivity contribution in [2.75, 3.05) is 0 Å². The van der Waals surface area contributed by atoms with Crippen molar-refractivity contribution in [3.63, 3.8) is 0 Å². The molecule has 388 valence electrons. The molecule has 9 aromatic carbocycles. The van der Waals surface area contributed by atoms with Crippen molar-refractivity contribution in [3.05, 3.63) is 292 Å². The molecule has 0 aliphatic heterocycles. The zero-order valence-electron chi connectivity index (χ0n) is 43.5. The molecule has 0 N–H and O–H groups in total. The number of rotatable bonds is 6. The number of hydrogen-bond acceptors (Lipinski definition) is 6. The molecule has 6 nitrogen and oxygen atoms in total. The summed E-state index contributed by atoms with van der Waals surface area (Å²) < 4.78 is 0. The molecule has 0 aliphatic rings. The van der Waals surface area contributed by atoms with Gasteiger partial charge in [-0.05, 0) is 86.5 Å². The van der Waals surface area contributed by atoms with Gasteiger partial charge in [0.2, 0.25) is 0 Å². The Hall–Kier alpha value is -9.36. The van der Waals surface area contributed by atoms with Crippen LogP contribution in [-0.2, 0) is 19.5 Å². The van der Waals surface area contributed by atoms with E-state index in [0.717, 1.165) is 82.1 Å². The van der Waals surface area contributed by atoms with Gasteiger partial charge in [0, 0.05) is 86.2 Å². The maximum Gasteiger partial charge on any atom is 2.00 e. The first-order valence-electron chi connectivity index (χ1n) is 26.1. The molecule has 15 aromatic rings. The largest absolute Gasteiger partial charge is 2.00 e. The maximum absolute atomic E-state index is 4.76. The monoisotopic (exact) mass is 1170 g/mol. The van der Waals surface area contributed by atoms with E-state index in [9.17, 15) is 0 Å². The van der Waals surface area contributed by atoms with Gasteiger partial charge in [0.1, 0.15) is 0 Å². The third-order valence-electron chi connectivity index (χ3n) is 14.3. The number of pyridine rings is 6. The third kappa shape index (κ3) is 11.4. The number of aromatic nitrogens is 6. The van der Waals surface area contributed by atoms with Crippen LogP contribution in [0.4, 0.5) is 0 Å². The molecule has 15 rings (SSSR count). The minimum absolute atomic E-state index is 0. The molecule has 6 heterocycles. The normalized spacial score (nSPS) is 10.7. The Morgan fingerprint density at radius 3 is 0.679 bits per heavy atom. The summed E-state index contributed by atoms with van der Waals surface area (Å²) in [6.07, 6.45) is 11.4. The van der Waals surface area contributed by atoms with Crippen molar-refractivity contribution < 1.29 is 44.3 Å². The molecule has 0 saturated heterocycles. The minimum Gasteiger partial charge on any atom is -1.00 e. The molecule has 6 aromatic heterocycles. The summed E-state index contributed by atoms with van der Waals surface area (Å²) in [6.45, 7) is 0. The standard InChI is InChI=1S/3C24H16N2.2ClH.Ru/c3*1-3-7-17(8-4-1)20-15-19-11-12-22-21(18-9-5-2-6-10-18)13-14-25-24(22)23(19)26-16-20;;;/h3*1-16H;2*1H;/q;;;;;+2/p-2. The molecule has 9 heteroatoms. The smallest absolute Gasteiger partial charge is 1.00 e. The Bertz CT molecular complexity index is 4130. The predicted octanol–water partition coefficient (Wildman–Crippen LogP) is 12.4. The van der Waals surface area contributed by atoms with Crippen LogP contribution >= 0.6 is 0 Å². The van der Waals surface area contributed by atoms with Gasteiger partial charge in [-0.2, -0.15) is 0 Å². The van der Waals surface area contributed by atoms with E-state index in [0.29, 0.717) is 0 Å². The van der Waals surface area contributed by atoms with Crippen LogP contribution < -0.4 is 24.8 Å². The predicted molar refractivity (Wildman–Crippen MR) is 324 cm³/mol. The summed E-state index contributed by atoms with van der Waals surface area (Å²) in [5.74, 6) is 0. The molecule has 0 unspecified atom stereocenters. The first kappa shape index (κ1) is 55.0. The number of hydrogen-bond donors (Lipinski definition) is 0. The van der Waals surface area contributed by atoms with E-state index in [1.54, 1.807) is 0 Å². The van der Waals surface area contributed by atoms with Crippen LogP contribution in [0.25, 0.3) is 132 Å². The van der Waals surface area contributed by atoms with Crippen LogP contribution in [-0.4, -0.2) is 29.9 Å². The second kappa shape index (κ2) is 25.2. The molecule has 0 fully saturated rings. The van der Waals surface area contributed by atoms with E-state index in [-0.39, 0.29) is 44.3 Å². The Balaban J connectivity index is 0.000000134. The van der Waals surface area contributed by atoms with Crippen LogP contribution in [0.1, 0.15) is 0 Å². The molecule has 0 radical (unpaired) electrons. The molecular weight excluding hydrogens is 1120 g/mol. The molecule has 0 bridgehead atoms. The van der Waals surface area contributed by atoms with E-state index in [2.05, 4.69) is 197 Å². The van der Waals surface area contributed by atoms with Crippen LogP contribution in [0.2, 0.25) is 0 Å². The van der Waals surface area contributed by atoms with E-state index in [1.807, 2.05) is 110 Å². The third-order valence-corrected chi connectivity index (χ3v) is 14.3. The Morgan fingerprint density at radius 2 is 0.432 bits per heavy atom. The summed E-state index contributed by atoms with van der Waals surface area (Å²) >= 11 is 0. The van der Waals surface area contributed by atoms with Crippen molar-refractivity contribution in [2.24, 2.45) is 0 Å². The van der Waals surface area contributed by atoms with E-state index in [1.165, 1.54) is 50.1 Å². The number of fused-ring (bicyclic) bond motifs is 9. The van der Waals surface area contributed by atoms with Gasteiger partial charge in [-0.1, -0.05) is 218 Å². The van der Waals surface area contributed by atoms with Gasteiger partial charge in [-0.15, -0.1) is 0 Å². The zero-order valence-corrected chi connectivity index (χ0v) is 46.8. The topological polar surface area (TPSA) is 77.3 Å². The number of halogens is 2. The molecule has 0 aliphatic carbocycles. The van der Waals surface area contributed by atoms with Gasteiger partial charge >= 0.3 is 19.5 Å². The Labute approximate surface area is 494 Å². The summed E-state index contributed by atoms with van der Waals surface area (Å²) in [5, 5.41) is 6.72. The molecule has 81 heavy (non-hydrogen) atoms. The Kier molecular flexibility index (Phi) is 17.1. The van der Waals surface area contributed by atoms with Crippen molar-refractivity contribution in [2.45, 2.75) is 0 Å². The number of nitrogens with zero attached hydrogens (tertiary/aromatic N) is 6. The second-order valence-corrected chi connectivity index (χ2v) is 19.0. The minimum atomic E-state index is 0. The molecule has 0 amide bonds. The average Bonchev–Trinajstić information content (AvgIpc) is 3.62. The molecule has 0 atom stereocenters. The van der Waals surface area contributed by atoms with E-state index >= 15 is 0 Å². The van der Waals surface area contributed by atoms with Gasteiger partial charge < -0.3 is 24.8 Å². The van der Waals surface area contributed by atoms with Gasteiger partial charge in [-0.3, -0.25) is 29.9 Å². The fraction of sp³-hybridized carbons (Fsp3) is 0. The van der Waals surface area contributed by atoms with Crippen LogP contribution in [0.5, 0.6) is 0 Å². The van der Waals surface area contributed by atoms with Gasteiger partial charge in [-0.25, -0.2) is 0 Å². The SMILES string of the molecule is [Cl-].[Cl-].[Ru+2].c1ccc(-c2cnc3c(ccc4c(-c5ccccc5)ccnc43)c2)cc1.c1ccc(-c2cnc3c(ccc4c(-c5ccccc5)ccnc43)c2)cc1.c1ccc(-c2cnc3c(ccc4c(-c5ccccc5)ccnc43)c2)cc1. The first-order chi connectivity index (χ1) is 38.7. The Morgan fingerprint density at radius 1 is 0.198 bits per heavy atom. The van der Waals surface area contributed by atoms with Crippen molar-refractivity contribution >= 4 is 65.4 Å². The van der Waals surface area contributed by atoms with E-state index < -0.39 is 0 Å². The van der Waals surface area contributed by atoms with Crippen LogP contribution in [0.3, 0.4) is 0 Å².